The van der Waals surface area contributed by atoms with E-state index in [9.17, 15) is 9.90 Å². The minimum absolute atomic E-state index is 0.293. The van der Waals surface area contributed by atoms with Gasteiger partial charge in [0.25, 0.3) is 0 Å². The minimum atomic E-state index is -1.25. The van der Waals surface area contributed by atoms with Gasteiger partial charge in [-0.2, -0.15) is 0 Å². The summed E-state index contributed by atoms with van der Waals surface area (Å²) in [6, 6.07) is 0. The largest absolute Gasteiger partial charge is 0.481 e. The number of aliphatic carboxylic acids is 1. The molecule has 0 heterocycles. The first kappa shape index (κ1) is 14.4. The third-order valence-electron chi connectivity index (χ3n) is 2.79. The Labute approximate surface area is 91.3 Å². The van der Waals surface area contributed by atoms with Crippen molar-refractivity contribution in [3.8, 4) is 0 Å². The summed E-state index contributed by atoms with van der Waals surface area (Å²) in [4.78, 5) is 11.0. The first-order valence-corrected chi connectivity index (χ1v) is 5.16. The van der Waals surface area contributed by atoms with Crippen LogP contribution in [0.4, 0.5) is 0 Å². The predicted molar refractivity (Wildman–Crippen MR) is 57.7 cm³/mol. The molecule has 2 N–H and O–H groups in total. The van der Waals surface area contributed by atoms with Crippen molar-refractivity contribution in [1.29, 1.82) is 0 Å². The smallest absolute Gasteiger partial charge is 0.309 e. The molecule has 0 aromatic heterocycles. The van der Waals surface area contributed by atoms with Crippen molar-refractivity contribution in [2.75, 3.05) is 7.11 Å². The van der Waals surface area contributed by atoms with Gasteiger partial charge in [-0.1, -0.05) is 6.92 Å². The highest BCUT2D eigenvalue weighted by Crippen LogP contribution is 2.31. The van der Waals surface area contributed by atoms with Crippen LogP contribution >= 0.6 is 0 Å². The van der Waals surface area contributed by atoms with E-state index in [-0.39, 0.29) is 0 Å². The average Bonchev–Trinajstić information content (AvgIpc) is 2.01. The Balaban J connectivity index is 4.72. The van der Waals surface area contributed by atoms with Crippen LogP contribution in [-0.4, -0.2) is 34.5 Å². The van der Waals surface area contributed by atoms with Crippen LogP contribution in [0, 0.1) is 5.92 Å². The number of hydrogen-bond donors (Lipinski definition) is 2. The molecule has 0 saturated carbocycles. The molecule has 0 rings (SSSR count). The van der Waals surface area contributed by atoms with Crippen molar-refractivity contribution >= 4 is 5.97 Å². The van der Waals surface area contributed by atoms with Crippen LogP contribution in [0.25, 0.3) is 0 Å². The van der Waals surface area contributed by atoms with Crippen molar-refractivity contribution in [3.05, 3.63) is 0 Å². The number of rotatable bonds is 6. The quantitative estimate of drug-likeness (QED) is 0.711. The number of hydrogen-bond acceptors (Lipinski definition) is 3. The summed E-state index contributed by atoms with van der Waals surface area (Å²) < 4.78 is 5.19. The van der Waals surface area contributed by atoms with Gasteiger partial charge < -0.3 is 14.9 Å². The molecule has 15 heavy (non-hydrogen) atoms. The number of carboxylic acid groups (broad SMARTS) is 1. The first-order chi connectivity index (χ1) is 6.66. The summed E-state index contributed by atoms with van der Waals surface area (Å²) in [5, 5.41) is 19.1. The van der Waals surface area contributed by atoms with Crippen LogP contribution in [0.1, 0.15) is 40.5 Å². The predicted octanol–water partition coefficient (Wildman–Crippen LogP) is 1.66. The maximum absolute atomic E-state index is 11.0. The molecular formula is C11H22O4. The lowest BCUT2D eigenvalue weighted by atomic mass is 9.79. The SMILES string of the molecule is CCC(C(=O)O)C(C)(O)CC(C)(C)OC. The molecular weight excluding hydrogens is 196 g/mol. The lowest BCUT2D eigenvalue weighted by molar-refractivity contribution is -0.156. The summed E-state index contributed by atoms with van der Waals surface area (Å²) in [6.07, 6.45) is 0.698. The fourth-order valence-electron chi connectivity index (χ4n) is 1.94. The molecule has 0 radical (unpaired) electrons. The molecule has 0 aromatic rings. The van der Waals surface area contributed by atoms with Crippen molar-refractivity contribution in [2.45, 2.75) is 51.7 Å². The molecule has 0 aliphatic heterocycles. The number of carbonyl (C=O) groups is 1. The van der Waals surface area contributed by atoms with Crippen molar-refractivity contribution in [1.82, 2.24) is 0 Å². The molecule has 4 heteroatoms. The maximum atomic E-state index is 11.0. The van der Waals surface area contributed by atoms with Gasteiger partial charge in [-0.15, -0.1) is 0 Å². The molecule has 0 saturated heterocycles. The van der Waals surface area contributed by atoms with Crippen LogP contribution in [0.5, 0.6) is 0 Å². The van der Waals surface area contributed by atoms with Gasteiger partial charge in [0.15, 0.2) is 0 Å². The van der Waals surface area contributed by atoms with Gasteiger partial charge in [-0.05, 0) is 27.2 Å². The Hall–Kier alpha value is -0.610. The second-order valence-corrected chi connectivity index (χ2v) is 4.80. The van der Waals surface area contributed by atoms with Gasteiger partial charge >= 0.3 is 5.97 Å². The highest BCUT2D eigenvalue weighted by atomic mass is 16.5. The normalized spacial score (nSPS) is 18.3. The van der Waals surface area contributed by atoms with Gasteiger partial charge in [0.1, 0.15) is 0 Å². The van der Waals surface area contributed by atoms with E-state index in [0.717, 1.165) is 0 Å². The van der Waals surface area contributed by atoms with Crippen LogP contribution < -0.4 is 0 Å². The highest BCUT2D eigenvalue weighted by Gasteiger charge is 2.40. The Bertz CT molecular complexity index is 221. The zero-order valence-electron chi connectivity index (χ0n) is 10.2. The van der Waals surface area contributed by atoms with Crippen LogP contribution in [0.3, 0.4) is 0 Å². The zero-order chi connectivity index (χ0) is 12.3. The molecule has 90 valence electrons. The Kier molecular flexibility index (Phi) is 4.74. The summed E-state index contributed by atoms with van der Waals surface area (Å²) in [5.41, 5.74) is -1.77. The monoisotopic (exact) mass is 218 g/mol. The zero-order valence-corrected chi connectivity index (χ0v) is 10.2. The van der Waals surface area contributed by atoms with Gasteiger partial charge in [-0.25, -0.2) is 0 Å². The molecule has 0 amide bonds. The molecule has 0 aliphatic rings. The number of methoxy groups -OCH3 is 1. The first-order valence-electron chi connectivity index (χ1n) is 5.16. The lowest BCUT2D eigenvalue weighted by Crippen LogP contribution is -2.45. The molecule has 0 bridgehead atoms. The molecule has 0 aromatic carbocycles. The van der Waals surface area contributed by atoms with E-state index in [1.54, 1.807) is 21.0 Å². The van der Waals surface area contributed by atoms with Gasteiger partial charge in [0.05, 0.1) is 17.1 Å². The fraction of sp³-hybridized carbons (Fsp3) is 0.909. The van der Waals surface area contributed by atoms with Gasteiger partial charge in [0, 0.05) is 13.5 Å². The number of aliphatic hydroxyl groups is 1. The summed E-state index contributed by atoms with van der Waals surface area (Å²) in [5.74, 6) is -1.72. The van der Waals surface area contributed by atoms with E-state index in [1.165, 1.54) is 0 Å². The second-order valence-electron chi connectivity index (χ2n) is 4.80. The Morgan fingerprint density at radius 3 is 2.13 bits per heavy atom. The number of ether oxygens (including phenoxy) is 1. The topological polar surface area (TPSA) is 66.8 Å². The van der Waals surface area contributed by atoms with E-state index < -0.39 is 23.1 Å². The molecule has 0 spiro atoms. The lowest BCUT2D eigenvalue weighted by Gasteiger charge is -2.36. The standard InChI is InChI=1S/C11H22O4/c1-6-8(9(12)13)11(4,14)7-10(2,3)15-5/h8,14H,6-7H2,1-5H3,(H,12,13). The second kappa shape index (κ2) is 4.94. The van der Waals surface area contributed by atoms with E-state index in [1.807, 2.05) is 13.8 Å². The molecule has 2 atom stereocenters. The molecule has 4 nitrogen and oxygen atoms in total. The van der Waals surface area contributed by atoms with E-state index in [2.05, 4.69) is 0 Å². The van der Waals surface area contributed by atoms with Crippen LogP contribution in [-0.2, 0) is 9.53 Å². The maximum Gasteiger partial charge on any atom is 0.309 e. The van der Waals surface area contributed by atoms with Gasteiger partial charge in [-0.3, -0.25) is 4.79 Å². The number of carboxylic acids is 1. The van der Waals surface area contributed by atoms with E-state index >= 15 is 0 Å². The third-order valence-corrected chi connectivity index (χ3v) is 2.79. The van der Waals surface area contributed by atoms with E-state index in [4.69, 9.17) is 9.84 Å². The van der Waals surface area contributed by atoms with Crippen molar-refractivity contribution < 1.29 is 19.7 Å². The van der Waals surface area contributed by atoms with E-state index in [0.29, 0.717) is 12.8 Å². The Morgan fingerprint density at radius 2 is 1.87 bits per heavy atom. The molecule has 0 fully saturated rings. The van der Waals surface area contributed by atoms with Crippen LogP contribution in [0.15, 0.2) is 0 Å². The van der Waals surface area contributed by atoms with Crippen molar-refractivity contribution in [3.63, 3.8) is 0 Å². The van der Waals surface area contributed by atoms with Crippen LogP contribution in [0.2, 0.25) is 0 Å². The third kappa shape index (κ3) is 4.18. The van der Waals surface area contributed by atoms with Gasteiger partial charge in [0.2, 0.25) is 0 Å². The molecule has 2 unspecified atom stereocenters. The summed E-state index contributed by atoms with van der Waals surface area (Å²) >= 11 is 0. The van der Waals surface area contributed by atoms with Crippen molar-refractivity contribution in [2.24, 2.45) is 5.92 Å². The summed E-state index contributed by atoms with van der Waals surface area (Å²) in [6.45, 7) is 6.97. The summed E-state index contributed by atoms with van der Waals surface area (Å²) in [7, 11) is 1.55. The Morgan fingerprint density at radius 1 is 1.40 bits per heavy atom. The fourth-order valence-corrected chi connectivity index (χ4v) is 1.94. The molecule has 0 aliphatic carbocycles. The highest BCUT2D eigenvalue weighted by molar-refractivity contribution is 5.71. The minimum Gasteiger partial charge on any atom is -0.481 e. The average molecular weight is 218 g/mol.